The summed E-state index contributed by atoms with van der Waals surface area (Å²) in [5.74, 6) is -0.0209. The standard InChI is InChI=1S/C22H20F3N3OS/c1-14-20(30-13-26-14)21(29)28-11-3-6-19(28)18-5-2-4-17(27-18)12-15-7-9-16(10-8-15)22(23,24)25/h2,4-5,7-10,13,19H,3,6,11-12H2,1H3/t19-/m1/s1. The number of likely N-dealkylation sites (tertiary alicyclic amines) is 1. The van der Waals surface area contributed by atoms with Crippen molar-refractivity contribution >= 4 is 17.2 Å². The molecule has 4 rings (SSSR count). The van der Waals surface area contributed by atoms with E-state index < -0.39 is 11.7 Å². The maximum absolute atomic E-state index is 13.0. The first-order valence-electron chi connectivity index (χ1n) is 9.66. The molecule has 0 N–H and O–H groups in total. The van der Waals surface area contributed by atoms with Crippen LogP contribution in [0, 0.1) is 6.92 Å². The van der Waals surface area contributed by atoms with Gasteiger partial charge in [0, 0.05) is 18.7 Å². The highest BCUT2D eigenvalue weighted by Crippen LogP contribution is 2.34. The van der Waals surface area contributed by atoms with E-state index in [-0.39, 0.29) is 11.9 Å². The van der Waals surface area contributed by atoms with Crippen LogP contribution in [0.2, 0.25) is 0 Å². The molecule has 8 heteroatoms. The van der Waals surface area contributed by atoms with E-state index in [1.165, 1.54) is 23.5 Å². The molecule has 0 bridgehead atoms. The fourth-order valence-corrected chi connectivity index (χ4v) is 4.52. The number of rotatable bonds is 4. The first kappa shape index (κ1) is 20.5. The number of carbonyl (C=O) groups excluding carboxylic acids is 1. The van der Waals surface area contributed by atoms with Crippen molar-refractivity contribution in [3.05, 3.63) is 81.1 Å². The van der Waals surface area contributed by atoms with Gasteiger partial charge in [0.25, 0.3) is 5.91 Å². The van der Waals surface area contributed by atoms with Gasteiger partial charge in [0.05, 0.1) is 28.5 Å². The first-order chi connectivity index (χ1) is 14.3. The lowest BCUT2D eigenvalue weighted by atomic mass is 10.1. The number of pyridine rings is 1. The smallest absolute Gasteiger partial charge is 0.329 e. The quantitative estimate of drug-likeness (QED) is 0.553. The van der Waals surface area contributed by atoms with E-state index in [1.54, 1.807) is 5.51 Å². The number of aryl methyl sites for hydroxylation is 1. The summed E-state index contributed by atoms with van der Waals surface area (Å²) < 4.78 is 38.3. The molecule has 4 nitrogen and oxygen atoms in total. The van der Waals surface area contributed by atoms with E-state index in [9.17, 15) is 18.0 Å². The molecule has 1 aliphatic rings. The molecule has 156 valence electrons. The van der Waals surface area contributed by atoms with Gasteiger partial charge in [0.15, 0.2) is 0 Å². The van der Waals surface area contributed by atoms with Crippen molar-refractivity contribution in [1.29, 1.82) is 0 Å². The average molecular weight is 431 g/mol. The van der Waals surface area contributed by atoms with Crippen LogP contribution in [0.4, 0.5) is 13.2 Å². The van der Waals surface area contributed by atoms with E-state index >= 15 is 0 Å². The van der Waals surface area contributed by atoms with Crippen LogP contribution in [0.15, 0.2) is 48.0 Å². The second-order valence-corrected chi connectivity index (χ2v) is 8.20. The molecule has 3 heterocycles. The van der Waals surface area contributed by atoms with Crippen LogP contribution < -0.4 is 0 Å². The number of aromatic nitrogens is 2. The molecule has 2 aromatic heterocycles. The van der Waals surface area contributed by atoms with Gasteiger partial charge in [-0.2, -0.15) is 13.2 Å². The SMILES string of the molecule is Cc1ncsc1C(=O)N1CCC[C@@H]1c1cccc(Cc2ccc(C(F)(F)F)cc2)n1. The Morgan fingerprint density at radius 2 is 1.97 bits per heavy atom. The third-order valence-electron chi connectivity index (χ3n) is 5.29. The number of hydrogen-bond acceptors (Lipinski definition) is 4. The fraction of sp³-hybridized carbons (Fsp3) is 0.318. The van der Waals surface area contributed by atoms with Gasteiger partial charge >= 0.3 is 6.18 Å². The van der Waals surface area contributed by atoms with Crippen LogP contribution in [0.5, 0.6) is 0 Å². The molecule has 30 heavy (non-hydrogen) atoms. The Balaban J connectivity index is 1.53. The zero-order chi connectivity index (χ0) is 21.3. The number of amides is 1. The van der Waals surface area contributed by atoms with Crippen LogP contribution in [0.3, 0.4) is 0 Å². The number of nitrogens with zero attached hydrogens (tertiary/aromatic N) is 3. The maximum atomic E-state index is 13.0. The molecule has 0 spiro atoms. The summed E-state index contributed by atoms with van der Waals surface area (Å²) in [4.78, 5) is 24.4. The topological polar surface area (TPSA) is 46.1 Å². The molecular weight excluding hydrogens is 411 g/mol. The third-order valence-corrected chi connectivity index (χ3v) is 6.21. The number of thiazole rings is 1. The minimum Gasteiger partial charge on any atom is -0.329 e. The van der Waals surface area contributed by atoms with Gasteiger partial charge in [-0.1, -0.05) is 18.2 Å². The Morgan fingerprint density at radius 1 is 1.20 bits per heavy atom. The van der Waals surface area contributed by atoms with Crippen molar-refractivity contribution in [3.63, 3.8) is 0 Å². The molecule has 1 aromatic carbocycles. The van der Waals surface area contributed by atoms with Crippen molar-refractivity contribution in [2.75, 3.05) is 6.54 Å². The van der Waals surface area contributed by atoms with Gasteiger partial charge in [-0.15, -0.1) is 11.3 Å². The molecule has 0 aliphatic carbocycles. The lowest BCUT2D eigenvalue weighted by Crippen LogP contribution is -2.31. The van der Waals surface area contributed by atoms with Crippen molar-refractivity contribution in [1.82, 2.24) is 14.9 Å². The molecular formula is C22H20F3N3OS. The highest BCUT2D eigenvalue weighted by atomic mass is 32.1. The van der Waals surface area contributed by atoms with Crippen molar-refractivity contribution in [3.8, 4) is 0 Å². The minimum absolute atomic E-state index is 0.0209. The zero-order valence-corrected chi connectivity index (χ0v) is 17.1. The Labute approximate surface area is 176 Å². The van der Waals surface area contributed by atoms with Crippen LogP contribution in [-0.4, -0.2) is 27.3 Å². The lowest BCUT2D eigenvalue weighted by Gasteiger charge is -2.24. The van der Waals surface area contributed by atoms with E-state index in [0.29, 0.717) is 17.8 Å². The third kappa shape index (κ3) is 4.23. The predicted molar refractivity (Wildman–Crippen MR) is 108 cm³/mol. The molecule has 0 unspecified atom stereocenters. The van der Waals surface area contributed by atoms with Crippen molar-refractivity contribution in [2.45, 2.75) is 38.4 Å². The average Bonchev–Trinajstić information content (AvgIpc) is 3.36. The van der Waals surface area contributed by atoms with Gasteiger partial charge in [0.2, 0.25) is 0 Å². The Hall–Kier alpha value is -2.74. The highest BCUT2D eigenvalue weighted by molar-refractivity contribution is 7.11. The van der Waals surface area contributed by atoms with Crippen molar-refractivity contribution < 1.29 is 18.0 Å². The highest BCUT2D eigenvalue weighted by Gasteiger charge is 2.33. The molecule has 1 amide bonds. The second-order valence-electron chi connectivity index (χ2n) is 7.35. The van der Waals surface area contributed by atoms with Crippen LogP contribution in [0.1, 0.15) is 56.8 Å². The summed E-state index contributed by atoms with van der Waals surface area (Å²) in [6.07, 6.45) is -2.18. The van der Waals surface area contributed by atoms with E-state index in [4.69, 9.17) is 4.98 Å². The Bertz CT molecular complexity index is 1050. The normalized spacial score (nSPS) is 16.8. The zero-order valence-electron chi connectivity index (χ0n) is 16.3. The summed E-state index contributed by atoms with van der Waals surface area (Å²) in [5, 5.41) is 0. The Morgan fingerprint density at radius 3 is 2.63 bits per heavy atom. The summed E-state index contributed by atoms with van der Waals surface area (Å²) in [5.41, 5.74) is 4.09. The van der Waals surface area contributed by atoms with E-state index in [1.807, 2.05) is 30.0 Å². The van der Waals surface area contributed by atoms with E-state index in [0.717, 1.165) is 47.6 Å². The molecule has 1 aliphatic heterocycles. The molecule has 0 saturated carbocycles. The van der Waals surface area contributed by atoms with Crippen LogP contribution in [0.25, 0.3) is 0 Å². The monoisotopic (exact) mass is 431 g/mol. The largest absolute Gasteiger partial charge is 0.416 e. The molecule has 0 radical (unpaired) electrons. The summed E-state index contributed by atoms with van der Waals surface area (Å²) in [6.45, 7) is 2.50. The second kappa shape index (κ2) is 8.18. The number of alkyl halides is 3. The number of benzene rings is 1. The van der Waals surface area contributed by atoms with E-state index in [2.05, 4.69) is 4.98 Å². The van der Waals surface area contributed by atoms with Crippen LogP contribution in [-0.2, 0) is 12.6 Å². The molecule has 1 saturated heterocycles. The minimum atomic E-state index is -4.34. The van der Waals surface area contributed by atoms with Gasteiger partial charge in [-0.3, -0.25) is 9.78 Å². The summed E-state index contributed by atoms with van der Waals surface area (Å²) in [6, 6.07) is 10.7. The summed E-state index contributed by atoms with van der Waals surface area (Å²) >= 11 is 1.35. The van der Waals surface area contributed by atoms with Crippen molar-refractivity contribution in [2.24, 2.45) is 0 Å². The molecule has 3 aromatic rings. The predicted octanol–water partition coefficient (Wildman–Crippen LogP) is 5.43. The van der Waals surface area contributed by atoms with Gasteiger partial charge < -0.3 is 4.90 Å². The van der Waals surface area contributed by atoms with Gasteiger partial charge in [-0.25, -0.2) is 4.98 Å². The Kier molecular flexibility index (Phi) is 5.60. The van der Waals surface area contributed by atoms with Gasteiger partial charge in [-0.05, 0) is 49.6 Å². The fourth-order valence-electron chi connectivity index (χ4n) is 3.76. The molecule has 1 fully saturated rings. The summed E-state index contributed by atoms with van der Waals surface area (Å²) in [7, 11) is 0. The number of halogens is 3. The lowest BCUT2D eigenvalue weighted by molar-refractivity contribution is -0.137. The maximum Gasteiger partial charge on any atom is 0.416 e. The number of hydrogen-bond donors (Lipinski definition) is 0. The molecule has 1 atom stereocenters. The first-order valence-corrected chi connectivity index (χ1v) is 10.5. The van der Waals surface area contributed by atoms with Gasteiger partial charge in [0.1, 0.15) is 4.88 Å². The van der Waals surface area contributed by atoms with Crippen LogP contribution >= 0.6 is 11.3 Å². The number of carbonyl (C=O) groups is 1.